The van der Waals surface area contributed by atoms with Gasteiger partial charge in [0.15, 0.2) is 0 Å². The zero-order valence-electron chi connectivity index (χ0n) is 25.9. The lowest BCUT2D eigenvalue weighted by Crippen LogP contribution is -2.53. The Kier molecular flexibility index (Phi) is 11.0. The van der Waals surface area contributed by atoms with Gasteiger partial charge >= 0.3 is 0 Å². The summed E-state index contributed by atoms with van der Waals surface area (Å²) >= 11 is 0. The molecule has 8 heteroatoms. The molecule has 0 aromatic heterocycles. The van der Waals surface area contributed by atoms with Crippen molar-refractivity contribution in [3.8, 4) is 0 Å². The summed E-state index contributed by atoms with van der Waals surface area (Å²) in [5.74, 6) is -0.753. The maximum atomic E-state index is 14.5. The average Bonchev–Trinajstić information content (AvgIpc) is 3.02. The third-order valence-electron chi connectivity index (χ3n) is 7.64. The van der Waals surface area contributed by atoms with E-state index in [9.17, 15) is 18.0 Å². The summed E-state index contributed by atoms with van der Waals surface area (Å²) in [4.78, 5) is 29.8. The summed E-state index contributed by atoms with van der Waals surface area (Å²) in [6.45, 7) is 7.94. The number of benzene rings is 4. The van der Waals surface area contributed by atoms with Crippen LogP contribution in [0.15, 0.2) is 108 Å². The molecule has 0 aliphatic heterocycles. The van der Waals surface area contributed by atoms with Crippen molar-refractivity contribution >= 4 is 27.5 Å². The molecule has 230 valence electrons. The molecule has 0 saturated carbocycles. The third-order valence-corrected chi connectivity index (χ3v) is 9.43. The quantitative estimate of drug-likeness (QED) is 0.202. The first-order valence-corrected chi connectivity index (χ1v) is 16.4. The second-order valence-electron chi connectivity index (χ2n) is 11.1. The molecule has 4 aromatic rings. The van der Waals surface area contributed by atoms with E-state index < -0.39 is 28.5 Å². The number of hydrogen-bond donors (Lipinski definition) is 1. The summed E-state index contributed by atoms with van der Waals surface area (Å²) in [7, 11) is -4.13. The fourth-order valence-electron chi connectivity index (χ4n) is 5.06. The Balaban J connectivity index is 1.81. The zero-order valence-corrected chi connectivity index (χ0v) is 26.7. The van der Waals surface area contributed by atoms with Gasteiger partial charge in [-0.3, -0.25) is 13.9 Å². The molecular formula is C36H41N3O4S. The van der Waals surface area contributed by atoms with Crippen molar-refractivity contribution in [3.05, 3.63) is 131 Å². The van der Waals surface area contributed by atoms with Gasteiger partial charge in [0.25, 0.3) is 10.0 Å². The third kappa shape index (κ3) is 8.14. The highest BCUT2D eigenvalue weighted by atomic mass is 32.2. The van der Waals surface area contributed by atoms with Crippen LogP contribution in [0.3, 0.4) is 0 Å². The largest absolute Gasteiger partial charge is 0.354 e. The highest BCUT2D eigenvalue weighted by Crippen LogP contribution is 2.27. The first-order chi connectivity index (χ1) is 21.1. The van der Waals surface area contributed by atoms with Gasteiger partial charge in [0, 0.05) is 19.5 Å². The zero-order chi connectivity index (χ0) is 31.7. The van der Waals surface area contributed by atoms with Crippen LogP contribution in [0.4, 0.5) is 5.69 Å². The molecule has 4 aromatic carbocycles. The smallest absolute Gasteiger partial charge is 0.264 e. The topological polar surface area (TPSA) is 86.8 Å². The SMILES string of the molecule is CCCNC(=O)[C@H](Cc1ccccc1)N(Cc1cccc(C)c1)C(=O)CN(c1ccc(C)c(C)c1)S(=O)(=O)c1ccccc1. The number of hydrogen-bond acceptors (Lipinski definition) is 4. The number of nitrogens with zero attached hydrogens (tertiary/aromatic N) is 2. The Hall–Kier alpha value is -4.43. The van der Waals surface area contributed by atoms with Gasteiger partial charge in [0.05, 0.1) is 10.6 Å². The number of amides is 2. The lowest BCUT2D eigenvalue weighted by molar-refractivity contribution is -0.140. The van der Waals surface area contributed by atoms with Crippen molar-refractivity contribution in [1.29, 1.82) is 0 Å². The second-order valence-corrected chi connectivity index (χ2v) is 13.0. The van der Waals surface area contributed by atoms with E-state index in [-0.39, 0.29) is 23.8 Å². The second kappa shape index (κ2) is 14.8. The van der Waals surface area contributed by atoms with Crippen LogP contribution in [0.1, 0.15) is 41.2 Å². The molecule has 0 radical (unpaired) electrons. The van der Waals surface area contributed by atoms with Crippen LogP contribution in [0.25, 0.3) is 0 Å². The van der Waals surface area contributed by atoms with Crippen molar-refractivity contribution < 1.29 is 18.0 Å². The molecule has 0 spiro atoms. The van der Waals surface area contributed by atoms with Gasteiger partial charge < -0.3 is 10.2 Å². The van der Waals surface area contributed by atoms with Gasteiger partial charge in [-0.2, -0.15) is 0 Å². The lowest BCUT2D eigenvalue weighted by Gasteiger charge is -2.34. The molecule has 0 saturated heterocycles. The Morgan fingerprint density at radius 2 is 1.43 bits per heavy atom. The monoisotopic (exact) mass is 611 g/mol. The number of carbonyl (C=O) groups excluding carboxylic acids is 2. The van der Waals surface area contributed by atoms with Crippen LogP contribution in [-0.2, 0) is 32.6 Å². The molecule has 0 fully saturated rings. The summed E-state index contributed by atoms with van der Waals surface area (Å²) in [5, 5.41) is 2.98. The maximum Gasteiger partial charge on any atom is 0.264 e. The van der Waals surface area contributed by atoms with Crippen molar-refractivity contribution in [3.63, 3.8) is 0 Å². The van der Waals surface area contributed by atoms with Gasteiger partial charge in [-0.1, -0.05) is 91.3 Å². The van der Waals surface area contributed by atoms with Crippen LogP contribution in [0.5, 0.6) is 0 Å². The fourth-order valence-corrected chi connectivity index (χ4v) is 6.48. The van der Waals surface area contributed by atoms with Crippen LogP contribution >= 0.6 is 0 Å². The standard InChI is InChI=1S/C36H41N3O4S/c1-5-21-37-36(41)34(24-30-14-8-6-9-15-30)38(25-31-16-12-13-27(2)22-31)35(40)26-39(32-20-19-28(3)29(4)23-32)44(42,43)33-17-10-7-11-18-33/h6-20,22-23,34H,5,21,24-26H2,1-4H3,(H,37,41)/t34-/m0/s1. The molecule has 0 aliphatic carbocycles. The first-order valence-electron chi connectivity index (χ1n) is 14.9. The van der Waals surface area contributed by atoms with Gasteiger partial charge in [-0.05, 0) is 73.7 Å². The Labute approximate surface area is 261 Å². The summed E-state index contributed by atoms with van der Waals surface area (Å²) in [5.41, 5.74) is 5.07. The van der Waals surface area contributed by atoms with Crippen molar-refractivity contribution in [2.45, 2.75) is 58.0 Å². The van der Waals surface area contributed by atoms with Crippen molar-refractivity contribution in [2.24, 2.45) is 0 Å². The van der Waals surface area contributed by atoms with E-state index in [2.05, 4.69) is 5.32 Å². The van der Waals surface area contributed by atoms with E-state index in [1.807, 2.05) is 88.4 Å². The summed E-state index contributed by atoms with van der Waals surface area (Å²) in [6, 6.07) is 29.9. The maximum absolute atomic E-state index is 14.5. The van der Waals surface area contributed by atoms with Crippen LogP contribution < -0.4 is 9.62 Å². The van der Waals surface area contributed by atoms with E-state index in [0.29, 0.717) is 12.2 Å². The predicted octanol–water partition coefficient (Wildman–Crippen LogP) is 5.97. The molecule has 0 heterocycles. The summed E-state index contributed by atoms with van der Waals surface area (Å²) < 4.78 is 29.4. The normalized spacial score (nSPS) is 11.9. The molecule has 0 unspecified atom stereocenters. The first kappa shape index (κ1) is 32.5. The molecule has 1 atom stereocenters. The Morgan fingerprint density at radius 1 is 0.773 bits per heavy atom. The molecule has 1 N–H and O–H groups in total. The minimum atomic E-state index is -4.13. The van der Waals surface area contributed by atoms with E-state index in [1.54, 1.807) is 30.3 Å². The van der Waals surface area contributed by atoms with Crippen LogP contribution in [0.2, 0.25) is 0 Å². The molecule has 0 aliphatic rings. The van der Waals surface area contributed by atoms with Gasteiger partial charge in [-0.15, -0.1) is 0 Å². The minimum Gasteiger partial charge on any atom is -0.354 e. The number of sulfonamides is 1. The predicted molar refractivity (Wildman–Crippen MR) is 176 cm³/mol. The number of carbonyl (C=O) groups is 2. The Bertz CT molecular complexity index is 1670. The van der Waals surface area contributed by atoms with Gasteiger partial charge in [-0.25, -0.2) is 8.42 Å². The molecule has 7 nitrogen and oxygen atoms in total. The average molecular weight is 612 g/mol. The van der Waals surface area contributed by atoms with Gasteiger partial charge in [0.1, 0.15) is 12.6 Å². The van der Waals surface area contributed by atoms with E-state index in [1.165, 1.54) is 17.0 Å². The molecule has 0 bridgehead atoms. The van der Waals surface area contributed by atoms with E-state index >= 15 is 0 Å². The number of rotatable bonds is 13. The highest BCUT2D eigenvalue weighted by molar-refractivity contribution is 7.92. The number of anilines is 1. The number of aryl methyl sites for hydroxylation is 3. The summed E-state index contributed by atoms with van der Waals surface area (Å²) in [6.07, 6.45) is 1.02. The molecule has 2 amide bonds. The molecule has 4 rings (SSSR count). The Morgan fingerprint density at radius 3 is 2.07 bits per heavy atom. The van der Waals surface area contributed by atoms with Crippen LogP contribution in [0, 0.1) is 20.8 Å². The van der Waals surface area contributed by atoms with Crippen molar-refractivity contribution in [1.82, 2.24) is 10.2 Å². The minimum absolute atomic E-state index is 0.0813. The van der Waals surface area contributed by atoms with Crippen molar-refractivity contribution in [2.75, 3.05) is 17.4 Å². The highest BCUT2D eigenvalue weighted by Gasteiger charge is 2.34. The fraction of sp³-hybridized carbons (Fsp3) is 0.278. The number of nitrogens with one attached hydrogen (secondary N) is 1. The van der Waals surface area contributed by atoms with E-state index in [4.69, 9.17) is 0 Å². The van der Waals surface area contributed by atoms with E-state index in [0.717, 1.165) is 38.5 Å². The van der Waals surface area contributed by atoms with Gasteiger partial charge in [0.2, 0.25) is 11.8 Å². The molecule has 44 heavy (non-hydrogen) atoms. The van der Waals surface area contributed by atoms with Crippen LogP contribution in [-0.4, -0.2) is 44.3 Å². The molecular weight excluding hydrogens is 570 g/mol. The lowest BCUT2D eigenvalue weighted by atomic mass is 10.0.